The fourth-order valence-electron chi connectivity index (χ4n) is 3.31. The maximum Gasteiger partial charge on any atom is 0.255 e. The Kier molecular flexibility index (Phi) is 6.12. The lowest BCUT2D eigenvalue weighted by molar-refractivity contribution is -0.119. The van der Waals surface area contributed by atoms with Crippen LogP contribution in [0, 0.1) is 0 Å². The molecule has 142 valence electrons. The van der Waals surface area contributed by atoms with Crippen LogP contribution in [0.4, 0.5) is 11.4 Å². The predicted octanol–water partition coefficient (Wildman–Crippen LogP) is 3.74. The molecule has 0 aliphatic carbocycles. The van der Waals surface area contributed by atoms with Gasteiger partial charge in [-0.05, 0) is 48.2 Å². The standard InChI is InChI=1S/C22H27N3O2/c1-3-4-12-25-13-11-18-9-10-20(14-21(18)25)24-22(27)19-7-5-17(6-8-19)15-23-16(2)26/h5-10,14H,3-4,11-13,15H2,1-2H3,(H,23,26)(H,24,27). The number of carbonyl (C=O) groups excluding carboxylic acids is 2. The van der Waals surface area contributed by atoms with Crippen LogP contribution in [0.1, 0.15) is 48.2 Å². The molecule has 0 spiro atoms. The first-order valence-corrected chi connectivity index (χ1v) is 9.59. The zero-order valence-electron chi connectivity index (χ0n) is 16.0. The molecule has 1 aliphatic rings. The maximum atomic E-state index is 12.6. The Labute approximate surface area is 160 Å². The molecule has 0 fully saturated rings. The van der Waals surface area contributed by atoms with E-state index in [0.29, 0.717) is 12.1 Å². The van der Waals surface area contributed by atoms with Gasteiger partial charge in [0.15, 0.2) is 0 Å². The Morgan fingerprint density at radius 1 is 1.11 bits per heavy atom. The van der Waals surface area contributed by atoms with Crippen molar-refractivity contribution in [2.45, 2.75) is 39.7 Å². The number of hydrogen-bond acceptors (Lipinski definition) is 3. The summed E-state index contributed by atoms with van der Waals surface area (Å²) in [6.07, 6.45) is 3.43. The van der Waals surface area contributed by atoms with Crippen LogP contribution in [0.15, 0.2) is 42.5 Å². The molecule has 5 heteroatoms. The van der Waals surface area contributed by atoms with Crippen molar-refractivity contribution in [1.82, 2.24) is 5.32 Å². The van der Waals surface area contributed by atoms with Gasteiger partial charge < -0.3 is 15.5 Å². The second-order valence-electron chi connectivity index (χ2n) is 6.99. The number of nitrogens with one attached hydrogen (secondary N) is 2. The highest BCUT2D eigenvalue weighted by Crippen LogP contribution is 2.31. The molecule has 2 aromatic carbocycles. The second-order valence-corrected chi connectivity index (χ2v) is 6.99. The molecule has 0 saturated heterocycles. The molecule has 0 radical (unpaired) electrons. The van der Waals surface area contributed by atoms with E-state index in [1.165, 1.54) is 31.0 Å². The van der Waals surface area contributed by atoms with E-state index in [0.717, 1.165) is 30.8 Å². The summed E-state index contributed by atoms with van der Waals surface area (Å²) in [6, 6.07) is 13.5. The molecule has 5 nitrogen and oxygen atoms in total. The molecule has 0 aromatic heterocycles. The zero-order chi connectivity index (χ0) is 19.2. The third kappa shape index (κ3) is 4.88. The van der Waals surface area contributed by atoms with Gasteiger partial charge in [-0.25, -0.2) is 0 Å². The fourth-order valence-corrected chi connectivity index (χ4v) is 3.31. The van der Waals surface area contributed by atoms with Crippen molar-refractivity contribution in [3.8, 4) is 0 Å². The molecule has 0 unspecified atom stereocenters. The first-order valence-electron chi connectivity index (χ1n) is 9.59. The summed E-state index contributed by atoms with van der Waals surface area (Å²) in [6.45, 7) is 6.28. The molecule has 0 saturated carbocycles. The van der Waals surface area contributed by atoms with Crippen molar-refractivity contribution in [2.24, 2.45) is 0 Å². The number of carbonyl (C=O) groups is 2. The minimum atomic E-state index is -0.126. The highest BCUT2D eigenvalue weighted by atomic mass is 16.2. The van der Waals surface area contributed by atoms with Crippen LogP contribution in [-0.2, 0) is 17.8 Å². The minimum Gasteiger partial charge on any atom is -0.371 e. The largest absolute Gasteiger partial charge is 0.371 e. The number of anilines is 2. The van der Waals surface area contributed by atoms with Crippen molar-refractivity contribution in [2.75, 3.05) is 23.3 Å². The molecule has 2 N–H and O–H groups in total. The van der Waals surface area contributed by atoms with E-state index in [1.807, 2.05) is 18.2 Å². The lowest BCUT2D eigenvalue weighted by Gasteiger charge is -2.19. The smallest absolute Gasteiger partial charge is 0.255 e. The molecular formula is C22H27N3O2. The zero-order valence-corrected chi connectivity index (χ0v) is 16.0. The summed E-state index contributed by atoms with van der Waals surface area (Å²) in [5.41, 5.74) is 4.98. The molecular weight excluding hydrogens is 338 g/mol. The van der Waals surface area contributed by atoms with E-state index in [2.05, 4.69) is 34.6 Å². The van der Waals surface area contributed by atoms with E-state index in [-0.39, 0.29) is 11.8 Å². The number of amides is 2. The van der Waals surface area contributed by atoms with Gasteiger partial charge in [0.2, 0.25) is 5.91 Å². The van der Waals surface area contributed by atoms with Gasteiger partial charge in [-0.15, -0.1) is 0 Å². The highest BCUT2D eigenvalue weighted by Gasteiger charge is 2.19. The van der Waals surface area contributed by atoms with Crippen LogP contribution in [0.2, 0.25) is 0 Å². The average molecular weight is 365 g/mol. The lowest BCUT2D eigenvalue weighted by atomic mass is 10.1. The summed E-state index contributed by atoms with van der Waals surface area (Å²) in [5.74, 6) is -0.194. The number of rotatable bonds is 7. The summed E-state index contributed by atoms with van der Waals surface area (Å²) in [7, 11) is 0. The van der Waals surface area contributed by atoms with E-state index >= 15 is 0 Å². The Morgan fingerprint density at radius 2 is 1.89 bits per heavy atom. The molecule has 27 heavy (non-hydrogen) atoms. The minimum absolute atomic E-state index is 0.0681. The van der Waals surface area contributed by atoms with Crippen molar-refractivity contribution in [3.63, 3.8) is 0 Å². The highest BCUT2D eigenvalue weighted by molar-refractivity contribution is 6.04. The molecule has 0 bridgehead atoms. The SMILES string of the molecule is CCCCN1CCc2ccc(NC(=O)c3ccc(CNC(C)=O)cc3)cc21. The van der Waals surface area contributed by atoms with Crippen LogP contribution < -0.4 is 15.5 Å². The van der Waals surface area contributed by atoms with Crippen molar-refractivity contribution >= 4 is 23.2 Å². The number of fused-ring (bicyclic) bond motifs is 1. The molecule has 3 rings (SSSR count). The van der Waals surface area contributed by atoms with E-state index in [1.54, 1.807) is 12.1 Å². The quantitative estimate of drug-likeness (QED) is 0.786. The molecule has 1 aliphatic heterocycles. The molecule has 1 heterocycles. The Morgan fingerprint density at radius 3 is 2.59 bits per heavy atom. The topological polar surface area (TPSA) is 61.4 Å². The fraction of sp³-hybridized carbons (Fsp3) is 0.364. The summed E-state index contributed by atoms with van der Waals surface area (Å²) < 4.78 is 0. The molecule has 0 atom stereocenters. The van der Waals surface area contributed by atoms with E-state index in [4.69, 9.17) is 0 Å². The number of unbranched alkanes of at least 4 members (excludes halogenated alkanes) is 1. The van der Waals surface area contributed by atoms with Gasteiger partial charge in [0.05, 0.1) is 0 Å². The normalized spacial score (nSPS) is 12.6. The predicted molar refractivity (Wildman–Crippen MR) is 109 cm³/mol. The van der Waals surface area contributed by atoms with Gasteiger partial charge in [0.25, 0.3) is 5.91 Å². The van der Waals surface area contributed by atoms with Crippen molar-refractivity contribution in [1.29, 1.82) is 0 Å². The average Bonchev–Trinajstić information content (AvgIpc) is 3.07. The number of benzene rings is 2. The van der Waals surface area contributed by atoms with Crippen LogP contribution >= 0.6 is 0 Å². The van der Waals surface area contributed by atoms with Crippen molar-refractivity contribution in [3.05, 3.63) is 59.2 Å². The van der Waals surface area contributed by atoms with E-state index in [9.17, 15) is 9.59 Å². The molecule has 2 aromatic rings. The Hall–Kier alpha value is -2.82. The first-order chi connectivity index (χ1) is 13.1. The Balaban J connectivity index is 1.65. The molecule has 2 amide bonds. The van der Waals surface area contributed by atoms with Crippen LogP contribution in [0.5, 0.6) is 0 Å². The first kappa shape index (κ1) is 19.0. The third-order valence-corrected chi connectivity index (χ3v) is 4.87. The lowest BCUT2D eigenvalue weighted by Crippen LogP contribution is -2.21. The monoisotopic (exact) mass is 365 g/mol. The van der Waals surface area contributed by atoms with Gasteiger partial charge in [0.1, 0.15) is 0 Å². The van der Waals surface area contributed by atoms with Gasteiger partial charge in [-0.2, -0.15) is 0 Å². The third-order valence-electron chi connectivity index (χ3n) is 4.87. The second kappa shape index (κ2) is 8.71. The summed E-state index contributed by atoms with van der Waals surface area (Å²) in [5, 5.41) is 5.75. The van der Waals surface area contributed by atoms with Gasteiger partial charge in [0, 0.05) is 43.5 Å². The van der Waals surface area contributed by atoms with Gasteiger partial charge in [-0.1, -0.05) is 31.5 Å². The van der Waals surface area contributed by atoms with E-state index < -0.39 is 0 Å². The number of nitrogens with zero attached hydrogens (tertiary/aromatic N) is 1. The van der Waals surface area contributed by atoms with Crippen LogP contribution in [0.3, 0.4) is 0 Å². The van der Waals surface area contributed by atoms with Crippen molar-refractivity contribution < 1.29 is 9.59 Å². The van der Waals surface area contributed by atoms with Crippen LogP contribution in [-0.4, -0.2) is 24.9 Å². The Bertz CT molecular complexity index is 815. The van der Waals surface area contributed by atoms with Crippen LogP contribution in [0.25, 0.3) is 0 Å². The van der Waals surface area contributed by atoms with Gasteiger partial charge in [-0.3, -0.25) is 9.59 Å². The number of hydrogen-bond donors (Lipinski definition) is 2. The maximum absolute atomic E-state index is 12.6. The van der Waals surface area contributed by atoms with Gasteiger partial charge >= 0.3 is 0 Å². The summed E-state index contributed by atoms with van der Waals surface area (Å²) in [4.78, 5) is 25.9. The summed E-state index contributed by atoms with van der Waals surface area (Å²) >= 11 is 0.